The zero-order chi connectivity index (χ0) is 18.9. The Labute approximate surface area is 164 Å². The normalized spacial score (nSPS) is 11.6. The van der Waals surface area contributed by atoms with E-state index in [-0.39, 0.29) is 0 Å². The molecular weight excluding hydrogens is 340 g/mol. The maximum atomic E-state index is 11.1. The molecule has 0 amide bonds. The van der Waals surface area contributed by atoms with Gasteiger partial charge in [-0.05, 0) is 44.5 Å². The SMILES string of the molecule is O=Cc1ccc(C(=C2c3ccccc3-c3ccccc32)c2ccccc2)cc1. The van der Waals surface area contributed by atoms with Crippen LogP contribution in [0.1, 0.15) is 32.6 Å². The van der Waals surface area contributed by atoms with Crippen molar-refractivity contribution in [1.82, 2.24) is 0 Å². The molecule has 0 fully saturated rings. The molecule has 4 aromatic carbocycles. The highest BCUT2D eigenvalue weighted by Crippen LogP contribution is 2.48. The topological polar surface area (TPSA) is 17.1 Å². The van der Waals surface area contributed by atoms with Crippen LogP contribution in [0.2, 0.25) is 0 Å². The summed E-state index contributed by atoms with van der Waals surface area (Å²) in [5.41, 5.74) is 10.4. The monoisotopic (exact) mass is 358 g/mol. The van der Waals surface area contributed by atoms with E-state index in [0.29, 0.717) is 5.56 Å². The van der Waals surface area contributed by atoms with Crippen LogP contribution in [0.3, 0.4) is 0 Å². The van der Waals surface area contributed by atoms with Crippen LogP contribution in [0, 0.1) is 0 Å². The van der Waals surface area contributed by atoms with Gasteiger partial charge in [-0.1, -0.05) is 103 Å². The summed E-state index contributed by atoms with van der Waals surface area (Å²) in [5, 5.41) is 0. The largest absolute Gasteiger partial charge is 0.298 e. The lowest BCUT2D eigenvalue weighted by molar-refractivity contribution is 0.112. The van der Waals surface area contributed by atoms with Crippen LogP contribution in [0.5, 0.6) is 0 Å². The van der Waals surface area contributed by atoms with E-state index in [1.807, 2.05) is 30.3 Å². The number of carbonyl (C=O) groups is 1. The van der Waals surface area contributed by atoms with Crippen LogP contribution < -0.4 is 0 Å². The summed E-state index contributed by atoms with van der Waals surface area (Å²) in [6, 6.07) is 35.5. The first-order valence-electron chi connectivity index (χ1n) is 9.41. The van der Waals surface area contributed by atoms with E-state index >= 15 is 0 Å². The molecule has 4 aromatic rings. The molecule has 0 unspecified atom stereocenters. The van der Waals surface area contributed by atoms with Crippen molar-refractivity contribution in [3.63, 3.8) is 0 Å². The molecule has 1 aliphatic rings. The molecule has 1 nitrogen and oxygen atoms in total. The lowest BCUT2D eigenvalue weighted by atomic mass is 9.88. The van der Waals surface area contributed by atoms with E-state index in [4.69, 9.17) is 0 Å². The third kappa shape index (κ3) is 2.60. The van der Waals surface area contributed by atoms with Gasteiger partial charge < -0.3 is 0 Å². The van der Waals surface area contributed by atoms with Crippen LogP contribution in [0.4, 0.5) is 0 Å². The summed E-state index contributed by atoms with van der Waals surface area (Å²) < 4.78 is 0. The van der Waals surface area contributed by atoms with Gasteiger partial charge >= 0.3 is 0 Å². The number of rotatable bonds is 3. The van der Waals surface area contributed by atoms with Crippen LogP contribution in [-0.2, 0) is 0 Å². The van der Waals surface area contributed by atoms with E-state index in [1.165, 1.54) is 39.0 Å². The first-order valence-corrected chi connectivity index (χ1v) is 9.41. The Morgan fingerprint density at radius 1 is 0.500 bits per heavy atom. The van der Waals surface area contributed by atoms with E-state index in [2.05, 4.69) is 72.8 Å². The third-order valence-corrected chi connectivity index (χ3v) is 5.33. The molecule has 0 N–H and O–H groups in total. The predicted octanol–water partition coefficient (Wildman–Crippen LogP) is 6.49. The van der Waals surface area contributed by atoms with Gasteiger partial charge in [0, 0.05) is 5.56 Å². The second-order valence-electron chi connectivity index (χ2n) is 6.95. The summed E-state index contributed by atoms with van der Waals surface area (Å²) >= 11 is 0. The molecule has 1 aliphatic carbocycles. The average Bonchev–Trinajstić information content (AvgIpc) is 3.10. The number of benzene rings is 4. The Hall–Kier alpha value is -3.71. The molecule has 0 bridgehead atoms. The standard InChI is InChI=1S/C27H18O/c28-18-19-14-16-21(17-15-19)26(20-8-2-1-3-9-20)27-24-12-6-4-10-22(24)23-11-5-7-13-25(23)27/h1-18H. The van der Waals surface area contributed by atoms with Crippen molar-refractivity contribution in [2.24, 2.45) is 0 Å². The van der Waals surface area contributed by atoms with Gasteiger partial charge in [0.05, 0.1) is 0 Å². The first kappa shape index (κ1) is 16.5. The smallest absolute Gasteiger partial charge is 0.150 e. The van der Waals surface area contributed by atoms with Gasteiger partial charge in [0.25, 0.3) is 0 Å². The molecule has 0 atom stereocenters. The molecule has 28 heavy (non-hydrogen) atoms. The molecule has 0 saturated carbocycles. The highest BCUT2D eigenvalue weighted by atomic mass is 16.1. The molecule has 5 rings (SSSR count). The molecule has 0 saturated heterocycles. The van der Waals surface area contributed by atoms with E-state index in [1.54, 1.807) is 0 Å². The van der Waals surface area contributed by atoms with Gasteiger partial charge in [-0.3, -0.25) is 4.79 Å². The van der Waals surface area contributed by atoms with Crippen molar-refractivity contribution >= 4 is 17.4 Å². The number of carbonyl (C=O) groups excluding carboxylic acids is 1. The highest BCUT2D eigenvalue weighted by molar-refractivity contribution is 6.13. The fourth-order valence-electron chi connectivity index (χ4n) is 4.07. The third-order valence-electron chi connectivity index (χ3n) is 5.33. The van der Waals surface area contributed by atoms with Gasteiger partial charge in [0.1, 0.15) is 6.29 Å². The number of fused-ring (bicyclic) bond motifs is 3. The zero-order valence-corrected chi connectivity index (χ0v) is 15.3. The molecule has 0 spiro atoms. The van der Waals surface area contributed by atoms with Gasteiger partial charge in [-0.25, -0.2) is 0 Å². The fourth-order valence-corrected chi connectivity index (χ4v) is 4.07. The van der Waals surface area contributed by atoms with Crippen molar-refractivity contribution in [3.05, 3.63) is 131 Å². The van der Waals surface area contributed by atoms with Crippen LogP contribution in [-0.4, -0.2) is 6.29 Å². The Kier molecular flexibility index (Phi) is 3.99. The van der Waals surface area contributed by atoms with Gasteiger partial charge in [0.15, 0.2) is 0 Å². The van der Waals surface area contributed by atoms with Gasteiger partial charge in [-0.15, -0.1) is 0 Å². The summed E-state index contributed by atoms with van der Waals surface area (Å²) in [7, 11) is 0. The average molecular weight is 358 g/mol. The van der Waals surface area contributed by atoms with Crippen molar-refractivity contribution in [2.75, 3.05) is 0 Å². The number of hydrogen-bond donors (Lipinski definition) is 0. The molecule has 132 valence electrons. The van der Waals surface area contributed by atoms with Crippen LogP contribution >= 0.6 is 0 Å². The van der Waals surface area contributed by atoms with Crippen molar-refractivity contribution in [1.29, 1.82) is 0 Å². The summed E-state index contributed by atoms with van der Waals surface area (Å²) in [5.74, 6) is 0. The lowest BCUT2D eigenvalue weighted by Crippen LogP contribution is -1.95. The summed E-state index contributed by atoms with van der Waals surface area (Å²) in [4.78, 5) is 11.1. The highest BCUT2D eigenvalue weighted by Gasteiger charge is 2.26. The maximum Gasteiger partial charge on any atom is 0.150 e. The Morgan fingerprint density at radius 3 is 1.50 bits per heavy atom. The lowest BCUT2D eigenvalue weighted by Gasteiger charge is -2.15. The van der Waals surface area contributed by atoms with E-state index < -0.39 is 0 Å². The summed E-state index contributed by atoms with van der Waals surface area (Å²) in [6.07, 6.45) is 0.888. The second-order valence-corrected chi connectivity index (χ2v) is 6.95. The van der Waals surface area contributed by atoms with E-state index in [0.717, 1.165) is 11.8 Å². The molecule has 0 radical (unpaired) electrons. The van der Waals surface area contributed by atoms with Crippen molar-refractivity contribution < 1.29 is 4.79 Å². The molecule has 0 aromatic heterocycles. The van der Waals surface area contributed by atoms with Crippen molar-refractivity contribution in [3.8, 4) is 11.1 Å². The maximum absolute atomic E-state index is 11.1. The summed E-state index contributed by atoms with van der Waals surface area (Å²) in [6.45, 7) is 0. The minimum atomic E-state index is 0.688. The first-order chi connectivity index (χ1) is 13.9. The van der Waals surface area contributed by atoms with E-state index in [9.17, 15) is 4.79 Å². The predicted molar refractivity (Wildman–Crippen MR) is 115 cm³/mol. The Balaban J connectivity index is 1.88. The second kappa shape index (κ2) is 6.79. The zero-order valence-electron chi connectivity index (χ0n) is 15.3. The number of aldehydes is 1. The van der Waals surface area contributed by atoms with Crippen molar-refractivity contribution in [2.45, 2.75) is 0 Å². The molecule has 0 aliphatic heterocycles. The molecular formula is C27H18O. The van der Waals surface area contributed by atoms with Gasteiger partial charge in [-0.2, -0.15) is 0 Å². The molecule has 1 heteroatoms. The van der Waals surface area contributed by atoms with Crippen LogP contribution in [0.15, 0.2) is 103 Å². The Bertz CT molecular complexity index is 1150. The minimum absolute atomic E-state index is 0.688. The minimum Gasteiger partial charge on any atom is -0.298 e. The quantitative estimate of drug-likeness (QED) is 0.337. The fraction of sp³-hybridized carbons (Fsp3) is 0. The van der Waals surface area contributed by atoms with Crippen LogP contribution in [0.25, 0.3) is 22.3 Å². The van der Waals surface area contributed by atoms with Gasteiger partial charge in [0.2, 0.25) is 0 Å². The molecule has 0 heterocycles. The number of hydrogen-bond acceptors (Lipinski definition) is 1. The Morgan fingerprint density at radius 2 is 0.964 bits per heavy atom.